The molecule has 1 aliphatic rings. The minimum Gasteiger partial charge on any atom is -0.492 e. The van der Waals surface area contributed by atoms with Crippen molar-refractivity contribution in [2.24, 2.45) is 5.92 Å². The predicted molar refractivity (Wildman–Crippen MR) is 126 cm³/mol. The maximum absolute atomic E-state index is 12.7. The molecule has 7 heteroatoms. The minimum absolute atomic E-state index is 0.205. The van der Waals surface area contributed by atoms with Crippen LogP contribution < -0.4 is 14.8 Å². The maximum Gasteiger partial charge on any atom is 0.511 e. The first kappa shape index (κ1) is 22.7. The van der Waals surface area contributed by atoms with Crippen LogP contribution in [0.3, 0.4) is 0 Å². The molecule has 1 amide bonds. The second kappa shape index (κ2) is 10.4. The Morgan fingerprint density at radius 2 is 1.64 bits per heavy atom. The third-order valence-electron chi connectivity index (χ3n) is 5.40. The second-order valence-corrected chi connectivity index (χ2v) is 8.43. The number of hydrogen-bond donors (Lipinski definition) is 2. The van der Waals surface area contributed by atoms with Crippen LogP contribution in [0.5, 0.6) is 11.5 Å². The highest BCUT2D eigenvalue weighted by atomic mass is 35.5. The van der Waals surface area contributed by atoms with E-state index in [1.54, 1.807) is 42.5 Å². The van der Waals surface area contributed by atoms with Crippen LogP contribution in [0.15, 0.2) is 66.7 Å². The molecule has 2 N–H and O–H groups in total. The van der Waals surface area contributed by atoms with Crippen molar-refractivity contribution >= 4 is 23.7 Å². The lowest BCUT2D eigenvalue weighted by Gasteiger charge is -2.12. The van der Waals surface area contributed by atoms with Gasteiger partial charge in [-0.1, -0.05) is 48.0 Å². The molecule has 1 fully saturated rings. The number of benzene rings is 3. The lowest BCUT2D eigenvalue weighted by Crippen LogP contribution is -2.26. The largest absolute Gasteiger partial charge is 0.511 e. The standard InChI is InChI=1S/C26H24ClNO5/c27-21-9-12-24(32-16-18-1-2-18)23(15-21)25(29)28-14-13-17-3-5-19(6-4-17)20-7-10-22(11-8-20)33-26(30)31/h3-12,15,18H,1-2,13-14,16H2,(H,28,29)(H,30,31). The number of amides is 1. The molecule has 6 nitrogen and oxygen atoms in total. The van der Waals surface area contributed by atoms with Crippen LogP contribution >= 0.6 is 11.6 Å². The van der Waals surface area contributed by atoms with Crippen molar-refractivity contribution in [3.05, 3.63) is 82.9 Å². The third-order valence-corrected chi connectivity index (χ3v) is 5.64. The number of carbonyl (C=O) groups is 2. The van der Waals surface area contributed by atoms with Crippen LogP contribution in [0.25, 0.3) is 11.1 Å². The fraction of sp³-hybridized carbons (Fsp3) is 0.231. The van der Waals surface area contributed by atoms with Crippen molar-refractivity contribution in [1.82, 2.24) is 5.32 Å². The van der Waals surface area contributed by atoms with E-state index in [4.69, 9.17) is 21.4 Å². The summed E-state index contributed by atoms with van der Waals surface area (Å²) >= 11 is 6.09. The number of rotatable bonds is 9. The zero-order valence-electron chi connectivity index (χ0n) is 17.9. The maximum atomic E-state index is 12.7. The summed E-state index contributed by atoms with van der Waals surface area (Å²) in [5.41, 5.74) is 3.49. The zero-order chi connectivity index (χ0) is 23.2. The lowest BCUT2D eigenvalue weighted by molar-refractivity contribution is 0.0949. The Kier molecular flexibility index (Phi) is 7.15. The summed E-state index contributed by atoms with van der Waals surface area (Å²) < 4.78 is 10.5. The molecule has 3 aromatic rings. The summed E-state index contributed by atoms with van der Waals surface area (Å²) in [7, 11) is 0. The quantitative estimate of drug-likeness (QED) is 0.307. The summed E-state index contributed by atoms with van der Waals surface area (Å²) in [6.07, 6.45) is 1.70. The smallest absolute Gasteiger partial charge is 0.492 e. The summed E-state index contributed by atoms with van der Waals surface area (Å²) in [5, 5.41) is 12.1. The van der Waals surface area contributed by atoms with Crippen molar-refractivity contribution < 1.29 is 24.2 Å². The van der Waals surface area contributed by atoms with E-state index >= 15 is 0 Å². The fourth-order valence-electron chi connectivity index (χ4n) is 3.39. The second-order valence-electron chi connectivity index (χ2n) is 7.99. The van der Waals surface area contributed by atoms with Gasteiger partial charge < -0.3 is 19.9 Å². The van der Waals surface area contributed by atoms with E-state index in [0.29, 0.717) is 41.8 Å². The molecule has 0 spiro atoms. The third kappa shape index (κ3) is 6.49. The molecule has 0 radical (unpaired) electrons. The van der Waals surface area contributed by atoms with Gasteiger partial charge in [0.1, 0.15) is 11.5 Å². The molecular formula is C26H24ClNO5. The molecule has 0 bridgehead atoms. The number of carbonyl (C=O) groups excluding carboxylic acids is 1. The molecule has 0 saturated heterocycles. The summed E-state index contributed by atoms with van der Waals surface area (Å²) in [6.45, 7) is 1.11. The van der Waals surface area contributed by atoms with Crippen molar-refractivity contribution in [1.29, 1.82) is 0 Å². The van der Waals surface area contributed by atoms with Crippen LogP contribution in [0.1, 0.15) is 28.8 Å². The van der Waals surface area contributed by atoms with Crippen molar-refractivity contribution in [2.45, 2.75) is 19.3 Å². The normalized spacial score (nSPS) is 12.8. The highest BCUT2D eigenvalue weighted by molar-refractivity contribution is 6.31. The molecule has 3 aromatic carbocycles. The zero-order valence-corrected chi connectivity index (χ0v) is 18.7. The van der Waals surface area contributed by atoms with Gasteiger partial charge in [0.2, 0.25) is 0 Å². The number of carboxylic acid groups (broad SMARTS) is 1. The van der Waals surface area contributed by atoms with Gasteiger partial charge in [0.15, 0.2) is 0 Å². The first-order valence-corrected chi connectivity index (χ1v) is 11.2. The highest BCUT2D eigenvalue weighted by Crippen LogP contribution is 2.31. The molecule has 0 atom stereocenters. The Morgan fingerprint density at radius 1 is 0.970 bits per heavy atom. The van der Waals surface area contributed by atoms with E-state index in [9.17, 15) is 9.59 Å². The van der Waals surface area contributed by atoms with E-state index in [1.165, 1.54) is 12.8 Å². The Morgan fingerprint density at radius 3 is 2.27 bits per heavy atom. The molecule has 33 heavy (non-hydrogen) atoms. The highest BCUT2D eigenvalue weighted by Gasteiger charge is 2.23. The van der Waals surface area contributed by atoms with Gasteiger partial charge in [-0.2, -0.15) is 0 Å². The minimum atomic E-state index is -1.34. The number of nitrogens with one attached hydrogen (secondary N) is 1. The lowest BCUT2D eigenvalue weighted by atomic mass is 10.0. The number of ether oxygens (including phenoxy) is 2. The molecule has 0 unspecified atom stereocenters. The Bertz CT molecular complexity index is 1120. The summed E-state index contributed by atoms with van der Waals surface area (Å²) in [6, 6.07) is 20.0. The van der Waals surface area contributed by atoms with Gasteiger partial charge in [0, 0.05) is 11.6 Å². The molecule has 0 aliphatic heterocycles. The molecule has 0 heterocycles. The SMILES string of the molecule is O=C(O)Oc1ccc(-c2ccc(CCNC(=O)c3cc(Cl)ccc3OCC3CC3)cc2)cc1. The van der Waals surface area contributed by atoms with Gasteiger partial charge in [-0.15, -0.1) is 0 Å². The molecule has 170 valence electrons. The van der Waals surface area contributed by atoms with E-state index in [1.807, 2.05) is 24.3 Å². The van der Waals surface area contributed by atoms with Gasteiger partial charge >= 0.3 is 6.16 Å². The van der Waals surface area contributed by atoms with Gasteiger partial charge in [0.05, 0.1) is 12.2 Å². The first-order chi connectivity index (χ1) is 16.0. The molecular weight excluding hydrogens is 442 g/mol. The molecule has 0 aromatic heterocycles. The summed E-state index contributed by atoms with van der Waals surface area (Å²) in [5.74, 6) is 1.23. The van der Waals surface area contributed by atoms with E-state index < -0.39 is 6.16 Å². The van der Waals surface area contributed by atoms with Gasteiger partial charge in [0.25, 0.3) is 5.91 Å². The van der Waals surface area contributed by atoms with Crippen LogP contribution in [0, 0.1) is 5.92 Å². The van der Waals surface area contributed by atoms with E-state index in [2.05, 4.69) is 10.1 Å². The molecule has 1 aliphatic carbocycles. The Labute approximate surface area is 197 Å². The topological polar surface area (TPSA) is 84.9 Å². The number of hydrogen-bond acceptors (Lipinski definition) is 4. The van der Waals surface area contributed by atoms with Crippen molar-refractivity contribution in [3.63, 3.8) is 0 Å². The van der Waals surface area contributed by atoms with Crippen LogP contribution in [-0.2, 0) is 6.42 Å². The van der Waals surface area contributed by atoms with Crippen molar-refractivity contribution in [3.8, 4) is 22.6 Å². The fourth-order valence-corrected chi connectivity index (χ4v) is 3.57. The number of halogens is 1. The van der Waals surface area contributed by atoms with Gasteiger partial charge in [-0.05, 0) is 72.2 Å². The van der Waals surface area contributed by atoms with Gasteiger partial charge in [-0.3, -0.25) is 4.79 Å². The Hall–Kier alpha value is -3.51. The van der Waals surface area contributed by atoms with Gasteiger partial charge in [-0.25, -0.2) is 4.79 Å². The first-order valence-electron chi connectivity index (χ1n) is 10.8. The van der Waals surface area contributed by atoms with Crippen LogP contribution in [0.2, 0.25) is 5.02 Å². The Balaban J connectivity index is 1.31. The average Bonchev–Trinajstić information content (AvgIpc) is 3.63. The average molecular weight is 466 g/mol. The van der Waals surface area contributed by atoms with E-state index in [-0.39, 0.29) is 11.7 Å². The van der Waals surface area contributed by atoms with E-state index in [0.717, 1.165) is 16.7 Å². The van der Waals surface area contributed by atoms with Crippen LogP contribution in [0.4, 0.5) is 4.79 Å². The van der Waals surface area contributed by atoms with Crippen molar-refractivity contribution in [2.75, 3.05) is 13.2 Å². The molecule has 4 rings (SSSR count). The monoisotopic (exact) mass is 465 g/mol. The summed E-state index contributed by atoms with van der Waals surface area (Å²) in [4.78, 5) is 23.3. The predicted octanol–water partition coefficient (Wildman–Crippen LogP) is 5.83. The van der Waals surface area contributed by atoms with Crippen LogP contribution in [-0.4, -0.2) is 30.3 Å². The molecule has 1 saturated carbocycles.